The van der Waals surface area contributed by atoms with Crippen LogP contribution in [-0.4, -0.2) is 49.3 Å². The highest BCUT2D eigenvalue weighted by atomic mass is 19.3. The number of rotatable bonds is 9. The topological polar surface area (TPSA) is 87.7 Å². The molecule has 1 unspecified atom stereocenters. The van der Waals surface area contributed by atoms with E-state index in [9.17, 15) is 18.4 Å². The first-order valence-corrected chi connectivity index (χ1v) is 5.96. The van der Waals surface area contributed by atoms with Crippen LogP contribution >= 0.6 is 0 Å². The molecule has 112 valence electrons. The quantitative estimate of drug-likeness (QED) is 0.552. The third-order valence-electron chi connectivity index (χ3n) is 2.09. The Kier molecular flexibility index (Phi) is 8.77. The van der Waals surface area contributed by atoms with E-state index in [2.05, 4.69) is 15.4 Å². The van der Waals surface area contributed by atoms with Gasteiger partial charge in [-0.15, -0.1) is 0 Å². The van der Waals surface area contributed by atoms with Crippen LogP contribution in [0.1, 0.15) is 20.3 Å². The Morgan fingerprint density at radius 1 is 1.32 bits per heavy atom. The fraction of sp³-hybridized carbons (Fsp3) is 0.818. The van der Waals surface area contributed by atoms with Crippen LogP contribution in [0.25, 0.3) is 0 Å². The smallest absolute Gasteiger partial charge is 0.326 e. The monoisotopic (exact) mass is 282 g/mol. The summed E-state index contributed by atoms with van der Waals surface area (Å²) < 4.78 is 28.0. The van der Waals surface area contributed by atoms with Gasteiger partial charge in [-0.2, -0.15) is 0 Å². The number of ether oxygens (including phenoxy) is 1. The van der Waals surface area contributed by atoms with Gasteiger partial charge in [0.1, 0.15) is 12.6 Å². The van der Waals surface area contributed by atoms with Crippen LogP contribution in [-0.2, 0) is 9.53 Å². The summed E-state index contributed by atoms with van der Waals surface area (Å²) in [5.41, 5.74) is 0. The first kappa shape index (κ1) is 17.6. The van der Waals surface area contributed by atoms with Crippen LogP contribution in [0, 0.1) is 5.92 Å². The lowest BCUT2D eigenvalue weighted by Crippen LogP contribution is -2.47. The number of nitrogens with one attached hydrogen (secondary N) is 2. The fourth-order valence-electron chi connectivity index (χ4n) is 1.31. The minimum absolute atomic E-state index is 0.0343. The SMILES string of the molecule is CC(C)CC(NC(=O)NCCOCC(F)F)C(=O)O. The predicted molar refractivity (Wildman–Crippen MR) is 64.2 cm³/mol. The number of urea groups is 1. The van der Waals surface area contributed by atoms with Crippen molar-refractivity contribution >= 4 is 12.0 Å². The summed E-state index contributed by atoms with van der Waals surface area (Å²) in [5.74, 6) is -0.992. The summed E-state index contributed by atoms with van der Waals surface area (Å²) in [6.45, 7) is 2.97. The molecule has 0 spiro atoms. The van der Waals surface area contributed by atoms with Crippen LogP contribution in [0.15, 0.2) is 0 Å². The zero-order valence-corrected chi connectivity index (χ0v) is 11.0. The van der Waals surface area contributed by atoms with E-state index in [-0.39, 0.29) is 19.1 Å². The molecule has 0 bridgehead atoms. The van der Waals surface area contributed by atoms with Crippen molar-refractivity contribution in [2.24, 2.45) is 5.92 Å². The summed E-state index contributed by atoms with van der Waals surface area (Å²) in [5, 5.41) is 13.5. The molecule has 0 saturated heterocycles. The van der Waals surface area contributed by atoms with E-state index < -0.39 is 31.1 Å². The third kappa shape index (κ3) is 10.2. The lowest BCUT2D eigenvalue weighted by Gasteiger charge is -2.16. The average molecular weight is 282 g/mol. The summed E-state index contributed by atoms with van der Waals surface area (Å²) in [6, 6.07) is -1.63. The maximum Gasteiger partial charge on any atom is 0.326 e. The van der Waals surface area contributed by atoms with Gasteiger partial charge in [-0.05, 0) is 12.3 Å². The molecule has 1 atom stereocenters. The zero-order valence-electron chi connectivity index (χ0n) is 11.0. The number of carbonyl (C=O) groups is 2. The molecule has 0 aliphatic carbocycles. The zero-order chi connectivity index (χ0) is 14.8. The minimum Gasteiger partial charge on any atom is -0.480 e. The van der Waals surface area contributed by atoms with Crippen molar-refractivity contribution in [2.45, 2.75) is 32.7 Å². The molecule has 0 saturated carbocycles. The van der Waals surface area contributed by atoms with E-state index in [4.69, 9.17) is 5.11 Å². The second-order valence-corrected chi connectivity index (χ2v) is 4.39. The van der Waals surface area contributed by atoms with Gasteiger partial charge in [0.15, 0.2) is 0 Å². The lowest BCUT2D eigenvalue weighted by molar-refractivity contribution is -0.139. The van der Waals surface area contributed by atoms with Gasteiger partial charge < -0.3 is 20.5 Å². The number of aliphatic carboxylic acids is 1. The number of carboxylic acids is 1. The number of halogens is 2. The van der Waals surface area contributed by atoms with Crippen molar-refractivity contribution in [1.82, 2.24) is 10.6 Å². The molecule has 8 heteroatoms. The van der Waals surface area contributed by atoms with Gasteiger partial charge in [0.05, 0.1) is 6.61 Å². The fourth-order valence-corrected chi connectivity index (χ4v) is 1.31. The number of alkyl halides is 2. The largest absolute Gasteiger partial charge is 0.480 e. The first-order chi connectivity index (χ1) is 8.82. The molecule has 19 heavy (non-hydrogen) atoms. The van der Waals surface area contributed by atoms with Crippen molar-refractivity contribution in [1.29, 1.82) is 0 Å². The Morgan fingerprint density at radius 2 is 1.95 bits per heavy atom. The maximum absolute atomic E-state index is 11.7. The van der Waals surface area contributed by atoms with E-state index in [0.29, 0.717) is 6.42 Å². The van der Waals surface area contributed by atoms with Gasteiger partial charge >= 0.3 is 12.0 Å². The Labute approximate surface area is 110 Å². The number of carboxylic acid groups (broad SMARTS) is 1. The Bertz CT molecular complexity index is 288. The summed E-state index contributed by atoms with van der Waals surface area (Å²) in [7, 11) is 0. The second kappa shape index (κ2) is 9.48. The molecule has 0 heterocycles. The van der Waals surface area contributed by atoms with E-state index in [1.165, 1.54) is 0 Å². The van der Waals surface area contributed by atoms with Gasteiger partial charge in [-0.1, -0.05) is 13.8 Å². The highest BCUT2D eigenvalue weighted by molar-refractivity contribution is 5.82. The summed E-state index contributed by atoms with van der Waals surface area (Å²) in [4.78, 5) is 22.2. The molecule has 3 N–H and O–H groups in total. The van der Waals surface area contributed by atoms with E-state index in [1.54, 1.807) is 0 Å². The van der Waals surface area contributed by atoms with Crippen LogP contribution in [0.3, 0.4) is 0 Å². The molecule has 0 aromatic carbocycles. The second-order valence-electron chi connectivity index (χ2n) is 4.39. The summed E-state index contributed by atoms with van der Waals surface area (Å²) in [6.07, 6.45) is -2.23. The lowest BCUT2D eigenvalue weighted by atomic mass is 10.0. The van der Waals surface area contributed by atoms with Gasteiger partial charge in [0.25, 0.3) is 6.43 Å². The van der Waals surface area contributed by atoms with E-state index in [1.807, 2.05) is 13.8 Å². The predicted octanol–water partition coefficient (Wildman–Crippen LogP) is 1.07. The third-order valence-corrected chi connectivity index (χ3v) is 2.09. The van der Waals surface area contributed by atoms with Gasteiger partial charge in [-0.25, -0.2) is 18.4 Å². The number of amides is 2. The summed E-state index contributed by atoms with van der Waals surface area (Å²) >= 11 is 0. The molecule has 0 radical (unpaired) electrons. The van der Waals surface area contributed by atoms with Crippen molar-refractivity contribution in [2.75, 3.05) is 19.8 Å². The average Bonchev–Trinajstić information content (AvgIpc) is 2.26. The first-order valence-electron chi connectivity index (χ1n) is 5.96. The van der Waals surface area contributed by atoms with Crippen molar-refractivity contribution in [3.05, 3.63) is 0 Å². The van der Waals surface area contributed by atoms with Crippen LogP contribution < -0.4 is 10.6 Å². The molecule has 0 aromatic rings. The maximum atomic E-state index is 11.7. The Hall–Kier alpha value is -1.44. The molecule has 0 aliphatic heterocycles. The van der Waals surface area contributed by atoms with Crippen molar-refractivity contribution in [3.63, 3.8) is 0 Å². The van der Waals surface area contributed by atoms with Crippen LogP contribution in [0.4, 0.5) is 13.6 Å². The van der Waals surface area contributed by atoms with Crippen molar-refractivity contribution < 1.29 is 28.2 Å². The van der Waals surface area contributed by atoms with E-state index >= 15 is 0 Å². The number of hydrogen-bond acceptors (Lipinski definition) is 3. The van der Waals surface area contributed by atoms with Gasteiger partial charge in [-0.3, -0.25) is 0 Å². The molecule has 2 amide bonds. The standard InChI is InChI=1S/C11H20F2N2O4/c1-7(2)5-8(10(16)17)15-11(18)14-3-4-19-6-9(12)13/h7-9H,3-6H2,1-2H3,(H,16,17)(H2,14,15,18). The molecule has 0 rings (SSSR count). The Morgan fingerprint density at radius 3 is 2.42 bits per heavy atom. The normalized spacial score (nSPS) is 12.5. The van der Waals surface area contributed by atoms with Gasteiger partial charge in [0.2, 0.25) is 0 Å². The number of hydrogen-bond donors (Lipinski definition) is 3. The van der Waals surface area contributed by atoms with Crippen molar-refractivity contribution in [3.8, 4) is 0 Å². The van der Waals surface area contributed by atoms with Crippen LogP contribution in [0.5, 0.6) is 0 Å². The molecule has 0 aliphatic rings. The molecule has 6 nitrogen and oxygen atoms in total. The van der Waals surface area contributed by atoms with E-state index in [0.717, 1.165) is 0 Å². The molecular formula is C11H20F2N2O4. The minimum atomic E-state index is -2.55. The highest BCUT2D eigenvalue weighted by Crippen LogP contribution is 2.04. The number of carbonyl (C=O) groups excluding carboxylic acids is 1. The van der Waals surface area contributed by atoms with Gasteiger partial charge in [0, 0.05) is 6.54 Å². The van der Waals surface area contributed by atoms with Crippen LogP contribution in [0.2, 0.25) is 0 Å². The molecular weight excluding hydrogens is 262 g/mol. The molecule has 0 aromatic heterocycles. The highest BCUT2D eigenvalue weighted by Gasteiger charge is 2.20. The Balaban J connectivity index is 3.84. The molecule has 0 fully saturated rings.